The maximum absolute atomic E-state index is 12.2. The van der Waals surface area contributed by atoms with E-state index in [9.17, 15) is 8.42 Å². The molecule has 1 aromatic rings. The summed E-state index contributed by atoms with van der Waals surface area (Å²) < 4.78 is 28.7. The summed E-state index contributed by atoms with van der Waals surface area (Å²) in [5, 5.41) is 6.98. The lowest BCUT2D eigenvalue weighted by atomic mass is 10.2. The third kappa shape index (κ3) is 3.02. The van der Waals surface area contributed by atoms with Crippen LogP contribution in [-0.4, -0.2) is 36.5 Å². The fourth-order valence-electron chi connectivity index (χ4n) is 2.03. The van der Waals surface area contributed by atoms with Gasteiger partial charge >= 0.3 is 0 Å². The lowest BCUT2D eigenvalue weighted by Gasteiger charge is -2.22. The number of anilines is 1. The van der Waals surface area contributed by atoms with E-state index in [1.807, 2.05) is 13.8 Å². The molecule has 0 aromatic carbocycles. The van der Waals surface area contributed by atoms with Crippen molar-refractivity contribution in [2.45, 2.75) is 38.0 Å². The number of nitrogens with zero attached hydrogens (tertiary/aromatic N) is 2. The minimum absolute atomic E-state index is 0.224. The van der Waals surface area contributed by atoms with Gasteiger partial charge in [-0.25, -0.2) is 8.42 Å². The first kappa shape index (κ1) is 13.4. The highest BCUT2D eigenvalue weighted by atomic mass is 32.2. The van der Waals surface area contributed by atoms with Crippen LogP contribution in [0, 0.1) is 0 Å². The first-order valence-electron chi connectivity index (χ1n) is 6.25. The molecule has 102 valence electrons. The van der Waals surface area contributed by atoms with E-state index < -0.39 is 10.0 Å². The molecule has 2 N–H and O–H groups in total. The summed E-state index contributed by atoms with van der Waals surface area (Å²) in [6, 6.07) is 0.224. The smallest absolute Gasteiger partial charge is 0.235 e. The van der Waals surface area contributed by atoms with Crippen LogP contribution in [0.5, 0.6) is 0 Å². The van der Waals surface area contributed by atoms with Crippen molar-refractivity contribution in [1.29, 1.82) is 0 Å². The topological polar surface area (TPSA) is 76.0 Å². The summed E-state index contributed by atoms with van der Waals surface area (Å²) in [6.45, 7) is 5.52. The number of sulfonamides is 1. The summed E-state index contributed by atoms with van der Waals surface area (Å²) in [7, 11) is -3.29. The minimum Gasteiger partial charge on any atom is -0.317 e. The highest BCUT2D eigenvalue weighted by Crippen LogP contribution is 2.18. The molecule has 0 aliphatic carbocycles. The Bertz CT molecular complexity index is 489. The largest absolute Gasteiger partial charge is 0.317 e. The van der Waals surface area contributed by atoms with Crippen molar-refractivity contribution in [3.05, 3.63) is 12.4 Å². The van der Waals surface area contributed by atoms with Crippen LogP contribution in [0.25, 0.3) is 0 Å². The molecule has 1 aliphatic rings. The van der Waals surface area contributed by atoms with Gasteiger partial charge in [0.15, 0.2) is 0 Å². The van der Waals surface area contributed by atoms with E-state index in [1.54, 1.807) is 17.1 Å². The third-order valence-corrected chi connectivity index (χ3v) is 4.99. The molecule has 7 heteroatoms. The maximum atomic E-state index is 12.2. The summed E-state index contributed by atoms with van der Waals surface area (Å²) >= 11 is 0. The molecule has 6 nitrogen and oxygen atoms in total. The lowest BCUT2D eigenvalue weighted by Crippen LogP contribution is -2.38. The van der Waals surface area contributed by atoms with Gasteiger partial charge in [-0.15, -0.1) is 0 Å². The minimum atomic E-state index is -3.29. The first-order valence-corrected chi connectivity index (χ1v) is 7.80. The van der Waals surface area contributed by atoms with Gasteiger partial charge in [-0.3, -0.25) is 9.40 Å². The molecule has 2 heterocycles. The monoisotopic (exact) mass is 272 g/mol. The fraction of sp³-hybridized carbons (Fsp3) is 0.727. The zero-order valence-corrected chi connectivity index (χ0v) is 11.6. The second-order valence-corrected chi connectivity index (χ2v) is 6.86. The van der Waals surface area contributed by atoms with Gasteiger partial charge in [0.25, 0.3) is 0 Å². The van der Waals surface area contributed by atoms with Gasteiger partial charge in [-0.2, -0.15) is 5.10 Å². The van der Waals surface area contributed by atoms with Crippen LogP contribution in [0.15, 0.2) is 12.4 Å². The van der Waals surface area contributed by atoms with E-state index in [-0.39, 0.29) is 11.3 Å². The van der Waals surface area contributed by atoms with Gasteiger partial charge in [0, 0.05) is 12.2 Å². The Balaban J connectivity index is 2.06. The van der Waals surface area contributed by atoms with Gasteiger partial charge in [-0.1, -0.05) is 0 Å². The third-order valence-electron chi connectivity index (χ3n) is 3.12. The standard InChI is InChI=1S/C11H20N4O2S/c1-9(2)15-8-10(7-13-15)14-18(16,17)11-3-5-12-6-4-11/h7-9,11-12,14H,3-6H2,1-2H3. The van der Waals surface area contributed by atoms with Crippen molar-refractivity contribution < 1.29 is 8.42 Å². The van der Waals surface area contributed by atoms with E-state index in [2.05, 4.69) is 15.1 Å². The molecule has 1 saturated heterocycles. The summed E-state index contributed by atoms with van der Waals surface area (Å²) in [5.41, 5.74) is 0.544. The lowest BCUT2D eigenvalue weighted by molar-refractivity contribution is 0.499. The van der Waals surface area contributed by atoms with Crippen molar-refractivity contribution in [1.82, 2.24) is 15.1 Å². The molecule has 18 heavy (non-hydrogen) atoms. The molecule has 1 fully saturated rings. The molecule has 0 unspecified atom stereocenters. The van der Waals surface area contributed by atoms with Crippen LogP contribution in [0.1, 0.15) is 32.7 Å². The van der Waals surface area contributed by atoms with Crippen LogP contribution < -0.4 is 10.0 Å². The second-order valence-electron chi connectivity index (χ2n) is 4.90. The quantitative estimate of drug-likeness (QED) is 0.856. The van der Waals surface area contributed by atoms with Crippen LogP contribution in [0.4, 0.5) is 5.69 Å². The Morgan fingerprint density at radius 1 is 1.44 bits per heavy atom. The highest BCUT2D eigenvalue weighted by molar-refractivity contribution is 7.93. The van der Waals surface area contributed by atoms with Crippen LogP contribution in [0.3, 0.4) is 0 Å². The Morgan fingerprint density at radius 2 is 2.11 bits per heavy atom. The second kappa shape index (κ2) is 5.27. The molecule has 0 radical (unpaired) electrons. The van der Waals surface area contributed by atoms with Crippen LogP contribution in [0.2, 0.25) is 0 Å². The molecule has 0 spiro atoms. The van der Waals surface area contributed by atoms with E-state index in [1.165, 1.54) is 0 Å². The average Bonchev–Trinajstić information content (AvgIpc) is 2.78. The van der Waals surface area contributed by atoms with Gasteiger partial charge in [0.05, 0.1) is 17.1 Å². The zero-order valence-electron chi connectivity index (χ0n) is 10.8. The number of hydrogen-bond donors (Lipinski definition) is 2. The van der Waals surface area contributed by atoms with Crippen molar-refractivity contribution in [3.8, 4) is 0 Å². The zero-order chi connectivity index (χ0) is 13.2. The Labute approximate surface area is 108 Å². The number of hydrogen-bond acceptors (Lipinski definition) is 4. The predicted octanol–water partition coefficient (Wildman–Crippen LogP) is 0.958. The Kier molecular flexibility index (Phi) is 3.91. The van der Waals surface area contributed by atoms with Crippen molar-refractivity contribution >= 4 is 15.7 Å². The normalized spacial score (nSPS) is 18.2. The molecular formula is C11H20N4O2S. The Morgan fingerprint density at radius 3 is 2.67 bits per heavy atom. The predicted molar refractivity (Wildman–Crippen MR) is 71.0 cm³/mol. The first-order chi connectivity index (χ1) is 8.49. The number of aromatic nitrogens is 2. The van der Waals surface area contributed by atoms with Gasteiger partial charge in [-0.05, 0) is 39.8 Å². The molecule has 0 saturated carbocycles. The SMILES string of the molecule is CC(C)n1cc(NS(=O)(=O)C2CCNCC2)cn1. The van der Waals surface area contributed by atoms with E-state index in [0.29, 0.717) is 18.5 Å². The Hall–Kier alpha value is -1.08. The van der Waals surface area contributed by atoms with Gasteiger partial charge < -0.3 is 5.32 Å². The number of piperidine rings is 1. The molecule has 1 aromatic heterocycles. The highest BCUT2D eigenvalue weighted by Gasteiger charge is 2.27. The van der Waals surface area contributed by atoms with Crippen LogP contribution in [-0.2, 0) is 10.0 Å². The van der Waals surface area contributed by atoms with Gasteiger partial charge in [0.2, 0.25) is 10.0 Å². The van der Waals surface area contributed by atoms with E-state index in [4.69, 9.17) is 0 Å². The molecule has 2 rings (SSSR count). The molecule has 0 bridgehead atoms. The fourth-order valence-corrected chi connectivity index (χ4v) is 3.48. The molecule has 0 amide bonds. The molecular weight excluding hydrogens is 252 g/mol. The van der Waals surface area contributed by atoms with Crippen molar-refractivity contribution in [2.24, 2.45) is 0 Å². The summed E-state index contributed by atoms with van der Waals surface area (Å²) in [5.74, 6) is 0. The summed E-state index contributed by atoms with van der Waals surface area (Å²) in [6.07, 6.45) is 4.60. The maximum Gasteiger partial charge on any atom is 0.235 e. The van der Waals surface area contributed by atoms with Crippen molar-refractivity contribution in [3.63, 3.8) is 0 Å². The van der Waals surface area contributed by atoms with Crippen molar-refractivity contribution in [2.75, 3.05) is 17.8 Å². The van der Waals surface area contributed by atoms with Crippen LogP contribution >= 0.6 is 0 Å². The van der Waals surface area contributed by atoms with Gasteiger partial charge in [0.1, 0.15) is 0 Å². The molecule has 1 aliphatic heterocycles. The molecule has 0 atom stereocenters. The summed E-state index contributed by atoms with van der Waals surface area (Å²) in [4.78, 5) is 0. The number of rotatable bonds is 4. The average molecular weight is 272 g/mol. The number of nitrogens with one attached hydrogen (secondary N) is 2. The van der Waals surface area contributed by atoms with E-state index in [0.717, 1.165) is 13.1 Å². The van der Waals surface area contributed by atoms with E-state index >= 15 is 0 Å².